The van der Waals surface area contributed by atoms with Crippen LogP contribution < -0.4 is 5.32 Å². The molecule has 0 saturated carbocycles. The van der Waals surface area contributed by atoms with Crippen LogP contribution in [-0.2, 0) is 6.54 Å². The fourth-order valence-electron chi connectivity index (χ4n) is 3.74. The van der Waals surface area contributed by atoms with Crippen molar-refractivity contribution in [1.29, 1.82) is 0 Å². The van der Waals surface area contributed by atoms with Crippen LogP contribution in [0.5, 0.6) is 0 Å². The highest BCUT2D eigenvalue weighted by atomic mass is 35.5. The summed E-state index contributed by atoms with van der Waals surface area (Å²) in [6, 6.07) is 10.9. The summed E-state index contributed by atoms with van der Waals surface area (Å²) in [5, 5.41) is 3.48. The molecule has 3 rings (SSSR count). The predicted molar refractivity (Wildman–Crippen MR) is 87.3 cm³/mol. The van der Waals surface area contributed by atoms with E-state index in [9.17, 15) is 0 Å². The van der Waals surface area contributed by atoms with Crippen LogP contribution in [0.1, 0.15) is 31.2 Å². The number of nitrogens with one attached hydrogen (secondary N) is 1. The summed E-state index contributed by atoms with van der Waals surface area (Å²) < 4.78 is 0. The average molecular weight is 295 g/mol. The Morgan fingerprint density at radius 3 is 2.15 bits per heavy atom. The summed E-state index contributed by atoms with van der Waals surface area (Å²) in [6.45, 7) is 6.22. The number of likely N-dealkylation sites (tertiary alicyclic amines) is 1. The second kappa shape index (κ2) is 8.02. The van der Waals surface area contributed by atoms with E-state index in [0.29, 0.717) is 0 Å². The smallest absolute Gasteiger partial charge is 0.0233 e. The largest absolute Gasteiger partial charge is 0.317 e. The van der Waals surface area contributed by atoms with Crippen LogP contribution in [0.2, 0.25) is 0 Å². The fourth-order valence-corrected chi connectivity index (χ4v) is 3.74. The van der Waals surface area contributed by atoms with Gasteiger partial charge in [0.25, 0.3) is 0 Å². The molecule has 0 aromatic heterocycles. The number of hydrogen-bond acceptors (Lipinski definition) is 2. The van der Waals surface area contributed by atoms with Gasteiger partial charge >= 0.3 is 0 Å². The molecule has 2 aliphatic heterocycles. The van der Waals surface area contributed by atoms with Gasteiger partial charge in [0.1, 0.15) is 0 Å². The van der Waals surface area contributed by atoms with Gasteiger partial charge in [0.15, 0.2) is 0 Å². The molecule has 1 N–H and O–H groups in total. The number of rotatable bonds is 3. The molecule has 0 bridgehead atoms. The van der Waals surface area contributed by atoms with E-state index in [1.165, 1.54) is 57.4 Å². The topological polar surface area (TPSA) is 15.3 Å². The quantitative estimate of drug-likeness (QED) is 0.920. The molecule has 2 nitrogen and oxygen atoms in total. The molecular formula is C17H27ClN2. The maximum absolute atomic E-state index is 3.48. The molecule has 20 heavy (non-hydrogen) atoms. The first-order valence-electron chi connectivity index (χ1n) is 7.89. The van der Waals surface area contributed by atoms with Crippen molar-refractivity contribution >= 4 is 12.4 Å². The van der Waals surface area contributed by atoms with Crippen molar-refractivity contribution in [3.05, 3.63) is 35.9 Å². The molecule has 0 spiro atoms. The Morgan fingerprint density at radius 1 is 0.900 bits per heavy atom. The van der Waals surface area contributed by atoms with Gasteiger partial charge in [-0.25, -0.2) is 0 Å². The summed E-state index contributed by atoms with van der Waals surface area (Å²) in [4.78, 5) is 2.63. The van der Waals surface area contributed by atoms with Crippen molar-refractivity contribution in [2.75, 3.05) is 26.2 Å². The average Bonchev–Trinajstić information content (AvgIpc) is 2.50. The Bertz CT molecular complexity index is 368. The molecule has 3 heteroatoms. The monoisotopic (exact) mass is 294 g/mol. The summed E-state index contributed by atoms with van der Waals surface area (Å²) in [7, 11) is 0. The van der Waals surface area contributed by atoms with Gasteiger partial charge in [-0.05, 0) is 69.3 Å². The number of benzene rings is 1. The molecule has 2 aliphatic rings. The van der Waals surface area contributed by atoms with Crippen LogP contribution >= 0.6 is 12.4 Å². The van der Waals surface area contributed by atoms with Crippen LogP contribution in [0.15, 0.2) is 30.3 Å². The number of hydrogen-bond donors (Lipinski definition) is 1. The molecule has 0 amide bonds. The third-order valence-corrected chi connectivity index (χ3v) is 4.93. The second-order valence-corrected chi connectivity index (χ2v) is 6.19. The Kier molecular flexibility index (Phi) is 6.34. The molecule has 0 atom stereocenters. The van der Waals surface area contributed by atoms with Crippen molar-refractivity contribution in [1.82, 2.24) is 10.2 Å². The Morgan fingerprint density at radius 2 is 1.50 bits per heavy atom. The summed E-state index contributed by atoms with van der Waals surface area (Å²) in [5.41, 5.74) is 1.46. The van der Waals surface area contributed by atoms with Crippen LogP contribution in [0.3, 0.4) is 0 Å². The molecular weight excluding hydrogens is 268 g/mol. The van der Waals surface area contributed by atoms with E-state index in [1.807, 2.05) is 0 Å². The van der Waals surface area contributed by atoms with Crippen LogP contribution in [0.25, 0.3) is 0 Å². The summed E-state index contributed by atoms with van der Waals surface area (Å²) in [5.74, 6) is 1.99. The van der Waals surface area contributed by atoms with Gasteiger partial charge in [-0.3, -0.25) is 4.90 Å². The molecule has 0 aliphatic carbocycles. The lowest BCUT2D eigenvalue weighted by Gasteiger charge is -2.37. The van der Waals surface area contributed by atoms with Gasteiger partial charge in [-0.15, -0.1) is 12.4 Å². The first-order chi connectivity index (χ1) is 9.42. The van der Waals surface area contributed by atoms with E-state index in [-0.39, 0.29) is 12.4 Å². The highest BCUT2D eigenvalue weighted by molar-refractivity contribution is 5.85. The summed E-state index contributed by atoms with van der Waals surface area (Å²) in [6.07, 6.45) is 5.64. The van der Waals surface area contributed by atoms with Gasteiger partial charge in [0, 0.05) is 6.54 Å². The fraction of sp³-hybridized carbons (Fsp3) is 0.647. The number of halogens is 1. The van der Waals surface area contributed by atoms with Crippen LogP contribution in [0.4, 0.5) is 0 Å². The molecule has 0 unspecified atom stereocenters. The lowest BCUT2D eigenvalue weighted by atomic mass is 9.79. The zero-order chi connectivity index (χ0) is 12.9. The molecule has 1 aromatic carbocycles. The third kappa shape index (κ3) is 4.21. The van der Waals surface area contributed by atoms with E-state index in [4.69, 9.17) is 0 Å². The zero-order valence-electron chi connectivity index (χ0n) is 12.3. The first-order valence-corrected chi connectivity index (χ1v) is 7.89. The summed E-state index contributed by atoms with van der Waals surface area (Å²) >= 11 is 0. The van der Waals surface area contributed by atoms with E-state index >= 15 is 0 Å². The molecule has 2 fully saturated rings. The van der Waals surface area contributed by atoms with Gasteiger partial charge < -0.3 is 5.32 Å². The molecule has 1 aromatic rings. The van der Waals surface area contributed by atoms with Gasteiger partial charge in [0.2, 0.25) is 0 Å². The molecule has 2 saturated heterocycles. The molecule has 2 heterocycles. The Hall–Kier alpha value is -0.570. The standard InChI is InChI=1S/C17H26N2.ClH/c1-2-4-15(5-3-1)14-19-12-8-17(9-13-19)16-6-10-18-11-7-16;/h1-5,16-18H,6-14H2;1H. The van der Waals surface area contributed by atoms with Gasteiger partial charge in [0.05, 0.1) is 0 Å². The lowest BCUT2D eigenvalue weighted by molar-refractivity contribution is 0.126. The van der Waals surface area contributed by atoms with E-state index in [2.05, 4.69) is 40.5 Å². The van der Waals surface area contributed by atoms with Gasteiger partial charge in [-0.1, -0.05) is 30.3 Å². The minimum absolute atomic E-state index is 0. The minimum Gasteiger partial charge on any atom is -0.317 e. The highest BCUT2D eigenvalue weighted by Gasteiger charge is 2.27. The Balaban J connectivity index is 0.00000147. The highest BCUT2D eigenvalue weighted by Crippen LogP contribution is 2.31. The normalized spacial score (nSPS) is 22.4. The van der Waals surface area contributed by atoms with Crippen molar-refractivity contribution in [2.24, 2.45) is 11.8 Å². The number of piperidine rings is 2. The molecule has 0 radical (unpaired) electrons. The van der Waals surface area contributed by atoms with Gasteiger partial charge in [-0.2, -0.15) is 0 Å². The maximum atomic E-state index is 3.48. The van der Waals surface area contributed by atoms with Crippen LogP contribution in [0, 0.1) is 11.8 Å². The maximum Gasteiger partial charge on any atom is 0.0233 e. The lowest BCUT2D eigenvalue weighted by Crippen LogP contribution is -2.39. The van der Waals surface area contributed by atoms with Crippen molar-refractivity contribution in [2.45, 2.75) is 32.2 Å². The number of nitrogens with zero attached hydrogens (tertiary/aromatic N) is 1. The SMILES string of the molecule is Cl.c1ccc(CN2CCC(C3CCNCC3)CC2)cc1. The van der Waals surface area contributed by atoms with E-state index in [0.717, 1.165) is 18.4 Å². The van der Waals surface area contributed by atoms with Crippen LogP contribution in [-0.4, -0.2) is 31.1 Å². The van der Waals surface area contributed by atoms with E-state index in [1.54, 1.807) is 0 Å². The van der Waals surface area contributed by atoms with Crippen molar-refractivity contribution in [3.8, 4) is 0 Å². The van der Waals surface area contributed by atoms with Crippen molar-refractivity contribution < 1.29 is 0 Å². The zero-order valence-corrected chi connectivity index (χ0v) is 13.1. The first kappa shape index (κ1) is 15.8. The van der Waals surface area contributed by atoms with Crippen molar-refractivity contribution in [3.63, 3.8) is 0 Å². The molecule has 112 valence electrons. The minimum atomic E-state index is 0. The second-order valence-electron chi connectivity index (χ2n) is 6.19. The third-order valence-electron chi connectivity index (χ3n) is 4.93. The van der Waals surface area contributed by atoms with E-state index < -0.39 is 0 Å². The Labute approximate surface area is 129 Å². The predicted octanol–water partition coefficient (Wildman–Crippen LogP) is 3.32.